The minimum atomic E-state index is -0.391. The summed E-state index contributed by atoms with van der Waals surface area (Å²) in [5, 5.41) is 13.8. The summed E-state index contributed by atoms with van der Waals surface area (Å²) in [6.07, 6.45) is 3.01. The number of nitro groups is 1. The van der Waals surface area contributed by atoms with E-state index < -0.39 is 4.92 Å². The number of hydrogen-bond donors (Lipinski definition) is 0. The highest BCUT2D eigenvalue weighted by molar-refractivity contribution is 7.09. The van der Waals surface area contributed by atoms with E-state index in [0.717, 1.165) is 47.0 Å². The molecule has 0 N–H and O–H groups in total. The van der Waals surface area contributed by atoms with E-state index in [9.17, 15) is 10.1 Å². The van der Waals surface area contributed by atoms with Crippen molar-refractivity contribution in [3.8, 4) is 17.0 Å². The molecule has 4 rings (SSSR count). The van der Waals surface area contributed by atoms with Gasteiger partial charge in [-0.05, 0) is 25.3 Å². The third-order valence-corrected chi connectivity index (χ3v) is 5.65. The van der Waals surface area contributed by atoms with E-state index in [4.69, 9.17) is 9.73 Å². The maximum Gasteiger partial charge on any atom is 0.270 e. The monoisotopic (exact) mass is 393 g/mol. The van der Waals surface area contributed by atoms with Crippen molar-refractivity contribution >= 4 is 22.7 Å². The van der Waals surface area contributed by atoms with E-state index in [1.54, 1.807) is 19.2 Å². The molecule has 0 radical (unpaired) electrons. The van der Waals surface area contributed by atoms with Crippen molar-refractivity contribution in [3.63, 3.8) is 0 Å². The highest BCUT2D eigenvalue weighted by Gasteiger charge is 2.19. The van der Waals surface area contributed by atoms with Crippen LogP contribution in [0, 0.1) is 10.1 Å². The van der Waals surface area contributed by atoms with Crippen molar-refractivity contribution in [3.05, 3.63) is 74.1 Å². The summed E-state index contributed by atoms with van der Waals surface area (Å²) < 4.78 is 5.49. The van der Waals surface area contributed by atoms with Crippen LogP contribution in [-0.4, -0.2) is 22.7 Å². The largest absolute Gasteiger partial charge is 0.496 e. The van der Waals surface area contributed by atoms with Gasteiger partial charge in [-0.2, -0.15) is 0 Å². The first-order chi connectivity index (χ1) is 13.7. The SMILES string of the molecule is COc1cccc2c1CCCC2=NCc1nc(-c2cccc([N+](=O)[O-])c2)cs1. The second kappa shape index (κ2) is 7.90. The fourth-order valence-corrected chi connectivity index (χ4v) is 4.20. The number of non-ortho nitro benzene ring substituents is 1. The predicted octanol–water partition coefficient (Wildman–Crippen LogP) is 5.05. The third kappa shape index (κ3) is 3.66. The number of rotatable bonds is 5. The molecule has 0 spiro atoms. The Morgan fingerprint density at radius 2 is 2.11 bits per heavy atom. The lowest BCUT2D eigenvalue weighted by Gasteiger charge is -2.20. The molecule has 0 saturated carbocycles. The van der Waals surface area contributed by atoms with Crippen LogP contribution in [0.3, 0.4) is 0 Å². The first kappa shape index (κ1) is 18.3. The molecule has 0 amide bonds. The number of aromatic nitrogens is 1. The topological polar surface area (TPSA) is 77.6 Å². The van der Waals surface area contributed by atoms with E-state index >= 15 is 0 Å². The minimum Gasteiger partial charge on any atom is -0.496 e. The lowest BCUT2D eigenvalue weighted by Crippen LogP contribution is -2.13. The van der Waals surface area contributed by atoms with Gasteiger partial charge in [0.05, 0.1) is 24.3 Å². The average molecular weight is 393 g/mol. The standard InChI is InChI=1S/C21H19N3O3S/c1-27-20-10-4-7-16-17(20)8-3-9-18(16)22-12-21-23-19(13-28-21)14-5-2-6-15(11-14)24(25)26/h2,4-7,10-11,13H,3,8-9,12H2,1H3. The van der Waals surface area contributed by atoms with Crippen LogP contribution >= 0.6 is 11.3 Å². The van der Waals surface area contributed by atoms with Crippen LogP contribution in [0.5, 0.6) is 5.75 Å². The van der Waals surface area contributed by atoms with Gasteiger partial charge in [-0.25, -0.2) is 4.98 Å². The molecule has 3 aromatic rings. The summed E-state index contributed by atoms with van der Waals surface area (Å²) in [6, 6.07) is 12.6. The summed E-state index contributed by atoms with van der Waals surface area (Å²) in [5.41, 5.74) is 5.05. The van der Waals surface area contributed by atoms with Crippen LogP contribution in [0.25, 0.3) is 11.3 Å². The van der Waals surface area contributed by atoms with Crippen LogP contribution in [0.1, 0.15) is 29.0 Å². The molecule has 1 aliphatic carbocycles. The number of ether oxygens (including phenoxy) is 1. The summed E-state index contributed by atoms with van der Waals surface area (Å²) >= 11 is 1.52. The van der Waals surface area contributed by atoms with E-state index in [2.05, 4.69) is 11.1 Å². The molecule has 1 heterocycles. The highest BCUT2D eigenvalue weighted by atomic mass is 32.1. The van der Waals surface area contributed by atoms with Crippen LogP contribution in [0.2, 0.25) is 0 Å². The Bertz CT molecular complexity index is 1060. The number of thiazole rings is 1. The van der Waals surface area contributed by atoms with Gasteiger partial charge in [0.1, 0.15) is 10.8 Å². The molecule has 0 atom stereocenters. The Morgan fingerprint density at radius 3 is 2.93 bits per heavy atom. The molecule has 2 aromatic carbocycles. The fraction of sp³-hybridized carbons (Fsp3) is 0.238. The van der Waals surface area contributed by atoms with Gasteiger partial charge < -0.3 is 4.74 Å². The minimum absolute atomic E-state index is 0.0695. The van der Waals surface area contributed by atoms with Crippen molar-refractivity contribution in [1.29, 1.82) is 0 Å². The molecule has 6 nitrogen and oxygen atoms in total. The van der Waals surface area contributed by atoms with Gasteiger partial charge in [-0.3, -0.25) is 15.1 Å². The van der Waals surface area contributed by atoms with Crippen molar-refractivity contribution in [2.75, 3.05) is 7.11 Å². The lowest BCUT2D eigenvalue weighted by molar-refractivity contribution is -0.384. The van der Waals surface area contributed by atoms with Crippen molar-refractivity contribution in [2.24, 2.45) is 4.99 Å². The van der Waals surface area contributed by atoms with Crippen molar-refractivity contribution < 1.29 is 9.66 Å². The number of hydrogen-bond acceptors (Lipinski definition) is 6. The first-order valence-corrected chi connectivity index (χ1v) is 9.92. The second-order valence-electron chi connectivity index (χ2n) is 6.54. The molecule has 1 aromatic heterocycles. The normalized spacial score (nSPS) is 14.7. The predicted molar refractivity (Wildman–Crippen MR) is 110 cm³/mol. The molecular formula is C21H19N3O3S. The number of benzene rings is 2. The van der Waals surface area contributed by atoms with Gasteiger partial charge in [0.15, 0.2) is 0 Å². The van der Waals surface area contributed by atoms with E-state index in [0.29, 0.717) is 6.54 Å². The number of nitro benzene ring substituents is 1. The van der Waals surface area contributed by atoms with Crippen LogP contribution in [0.4, 0.5) is 5.69 Å². The molecule has 0 unspecified atom stereocenters. The molecule has 0 aliphatic heterocycles. The zero-order valence-corrected chi connectivity index (χ0v) is 16.2. The summed E-state index contributed by atoms with van der Waals surface area (Å²) in [5.74, 6) is 0.923. The molecule has 0 fully saturated rings. The zero-order valence-electron chi connectivity index (χ0n) is 15.4. The lowest BCUT2D eigenvalue weighted by atomic mass is 9.89. The van der Waals surface area contributed by atoms with Gasteiger partial charge in [0.25, 0.3) is 5.69 Å². The molecule has 0 saturated heterocycles. The third-order valence-electron chi connectivity index (χ3n) is 4.81. The molecule has 1 aliphatic rings. The number of fused-ring (bicyclic) bond motifs is 1. The first-order valence-electron chi connectivity index (χ1n) is 9.04. The maximum atomic E-state index is 11.0. The van der Waals surface area contributed by atoms with Crippen molar-refractivity contribution in [1.82, 2.24) is 4.98 Å². The Hall–Kier alpha value is -3.06. The van der Waals surface area contributed by atoms with Gasteiger partial charge >= 0.3 is 0 Å². The summed E-state index contributed by atoms with van der Waals surface area (Å²) in [6.45, 7) is 0.506. The second-order valence-corrected chi connectivity index (χ2v) is 7.48. The molecule has 142 valence electrons. The fourth-order valence-electron chi connectivity index (χ4n) is 3.47. The average Bonchev–Trinajstić information content (AvgIpc) is 3.21. The zero-order chi connectivity index (χ0) is 19.5. The van der Waals surface area contributed by atoms with Gasteiger partial charge in [0.2, 0.25) is 0 Å². The van der Waals surface area contributed by atoms with Gasteiger partial charge in [0, 0.05) is 39.9 Å². The number of aliphatic imine (C=N–C) groups is 1. The smallest absolute Gasteiger partial charge is 0.270 e. The maximum absolute atomic E-state index is 11.0. The van der Waals surface area contributed by atoms with E-state index in [1.807, 2.05) is 23.6 Å². The molecule has 28 heavy (non-hydrogen) atoms. The number of nitrogens with zero attached hydrogens (tertiary/aromatic N) is 3. The van der Waals surface area contributed by atoms with Crippen molar-refractivity contribution in [2.45, 2.75) is 25.8 Å². The number of methoxy groups -OCH3 is 1. The Labute approximate surface area is 166 Å². The molecular weight excluding hydrogens is 374 g/mol. The Balaban J connectivity index is 1.56. The van der Waals surface area contributed by atoms with E-state index in [-0.39, 0.29) is 5.69 Å². The van der Waals surface area contributed by atoms with E-state index in [1.165, 1.54) is 28.5 Å². The molecule has 0 bridgehead atoms. The highest BCUT2D eigenvalue weighted by Crippen LogP contribution is 2.30. The van der Waals surface area contributed by atoms with Gasteiger partial charge in [-0.15, -0.1) is 11.3 Å². The summed E-state index contributed by atoms with van der Waals surface area (Å²) in [7, 11) is 1.70. The van der Waals surface area contributed by atoms with Crippen LogP contribution in [-0.2, 0) is 13.0 Å². The van der Waals surface area contributed by atoms with Gasteiger partial charge in [-0.1, -0.05) is 24.3 Å². The molecule has 7 heteroatoms. The Kier molecular flexibility index (Phi) is 5.16. The Morgan fingerprint density at radius 1 is 1.25 bits per heavy atom. The quantitative estimate of drug-likeness (QED) is 0.449. The van der Waals surface area contributed by atoms with Crippen LogP contribution < -0.4 is 4.74 Å². The summed E-state index contributed by atoms with van der Waals surface area (Å²) in [4.78, 5) is 20.0. The van der Waals surface area contributed by atoms with Crippen LogP contribution in [0.15, 0.2) is 52.8 Å².